The van der Waals surface area contributed by atoms with Gasteiger partial charge in [0.25, 0.3) is 0 Å². The van der Waals surface area contributed by atoms with E-state index < -0.39 is 15.7 Å². The number of aromatic nitrogens is 2. The molecule has 0 radical (unpaired) electrons. The molecule has 0 aliphatic rings. The third-order valence-electron chi connectivity index (χ3n) is 4.71. The zero-order valence-corrected chi connectivity index (χ0v) is 20.1. The van der Waals surface area contributed by atoms with Crippen molar-refractivity contribution in [1.82, 2.24) is 9.78 Å². The zero-order chi connectivity index (χ0) is 24.2. The van der Waals surface area contributed by atoms with Crippen molar-refractivity contribution in [1.29, 1.82) is 0 Å². The second kappa shape index (κ2) is 10.0. The number of nitrogens with zero attached hydrogens (tertiary/aromatic N) is 2. The van der Waals surface area contributed by atoms with Gasteiger partial charge in [0.15, 0.2) is 11.5 Å². The van der Waals surface area contributed by atoms with Crippen LogP contribution in [0.5, 0.6) is 17.2 Å². The van der Waals surface area contributed by atoms with Gasteiger partial charge in [-0.25, -0.2) is 13.1 Å². The quantitative estimate of drug-likeness (QED) is 0.432. The van der Waals surface area contributed by atoms with Crippen LogP contribution in [-0.2, 0) is 21.2 Å². The van der Waals surface area contributed by atoms with Crippen LogP contribution in [0.3, 0.4) is 0 Å². The van der Waals surface area contributed by atoms with Crippen LogP contribution in [0.25, 0.3) is 0 Å². The van der Waals surface area contributed by atoms with Gasteiger partial charge in [0.2, 0.25) is 15.7 Å². The molecule has 0 unspecified atom stereocenters. The highest BCUT2D eigenvalue weighted by Crippen LogP contribution is 2.34. The summed E-state index contributed by atoms with van der Waals surface area (Å²) in [6.07, 6.45) is 1.68. The van der Waals surface area contributed by atoms with Crippen LogP contribution >= 0.6 is 11.8 Å². The number of ether oxygens (including phenoxy) is 3. The number of methoxy groups -OCH3 is 3. The van der Waals surface area contributed by atoms with E-state index in [9.17, 15) is 13.2 Å². The number of carbonyl (C=O) groups excluding carboxylic acids is 1. The van der Waals surface area contributed by atoms with E-state index in [2.05, 4.69) is 10.4 Å². The van der Waals surface area contributed by atoms with Crippen molar-refractivity contribution in [2.45, 2.75) is 21.4 Å². The lowest BCUT2D eigenvalue weighted by Gasteiger charge is -2.11. The summed E-state index contributed by atoms with van der Waals surface area (Å²) in [5.74, 6) is 0.917. The third kappa shape index (κ3) is 5.01. The maximum Gasteiger partial charge on any atom is 0.246 e. The molecule has 0 saturated carbocycles. The first-order chi connectivity index (χ1) is 15.7. The highest BCUT2D eigenvalue weighted by Gasteiger charge is 2.29. The summed E-state index contributed by atoms with van der Waals surface area (Å²) in [5.41, 5.74) is 6.62. The van der Waals surface area contributed by atoms with Crippen molar-refractivity contribution in [3.05, 3.63) is 42.5 Å². The minimum Gasteiger partial charge on any atom is -0.497 e. The summed E-state index contributed by atoms with van der Waals surface area (Å²) in [5, 5.41) is 7.15. The standard InChI is InChI=1S/C21H24N4O6S2/c1-29-14-6-8-15(9-7-14)33(27,28)19-20(22)25(24-21(19)32-4)12-18(26)23-13-5-10-16(30-2)17(11-13)31-3/h5-11H,12,22H2,1-4H3,(H,23,26). The fraction of sp³-hybridized carbons (Fsp3) is 0.238. The van der Waals surface area contributed by atoms with Crippen molar-refractivity contribution >= 4 is 39.0 Å². The lowest BCUT2D eigenvalue weighted by molar-refractivity contribution is -0.116. The molecule has 0 saturated heterocycles. The molecular weight excluding hydrogens is 468 g/mol. The molecule has 176 valence electrons. The fourth-order valence-corrected chi connectivity index (χ4v) is 5.50. The summed E-state index contributed by atoms with van der Waals surface area (Å²) in [6.45, 7) is -0.286. The van der Waals surface area contributed by atoms with Gasteiger partial charge in [-0.15, -0.1) is 11.8 Å². The minimum absolute atomic E-state index is 0.0413. The van der Waals surface area contributed by atoms with Gasteiger partial charge in [0.1, 0.15) is 28.0 Å². The summed E-state index contributed by atoms with van der Waals surface area (Å²) < 4.78 is 43.1. The van der Waals surface area contributed by atoms with E-state index in [1.807, 2.05) is 0 Å². The van der Waals surface area contributed by atoms with Gasteiger partial charge < -0.3 is 25.3 Å². The van der Waals surface area contributed by atoms with E-state index in [0.29, 0.717) is 22.9 Å². The van der Waals surface area contributed by atoms with Crippen LogP contribution in [0.15, 0.2) is 57.3 Å². The number of amides is 1. The molecule has 0 aliphatic carbocycles. The smallest absolute Gasteiger partial charge is 0.246 e. The van der Waals surface area contributed by atoms with E-state index >= 15 is 0 Å². The van der Waals surface area contributed by atoms with Gasteiger partial charge in [0, 0.05) is 11.8 Å². The van der Waals surface area contributed by atoms with Crippen molar-refractivity contribution in [2.24, 2.45) is 0 Å². The number of nitrogen functional groups attached to an aromatic ring is 1. The molecule has 2 aromatic carbocycles. The van der Waals surface area contributed by atoms with Crippen LogP contribution in [0.4, 0.5) is 11.5 Å². The molecule has 0 spiro atoms. The Morgan fingerprint density at radius 2 is 1.73 bits per heavy atom. The van der Waals surface area contributed by atoms with Crippen LogP contribution in [0.1, 0.15) is 0 Å². The average Bonchev–Trinajstić information content (AvgIpc) is 3.14. The zero-order valence-electron chi connectivity index (χ0n) is 18.5. The molecule has 3 aromatic rings. The fourth-order valence-electron chi connectivity index (χ4n) is 3.07. The highest BCUT2D eigenvalue weighted by molar-refractivity contribution is 7.99. The summed E-state index contributed by atoms with van der Waals surface area (Å²) in [7, 11) is 0.516. The number of carbonyl (C=O) groups is 1. The Kier molecular flexibility index (Phi) is 7.39. The normalized spacial score (nSPS) is 11.2. The van der Waals surface area contributed by atoms with Crippen LogP contribution in [0, 0.1) is 0 Å². The van der Waals surface area contributed by atoms with Crippen molar-refractivity contribution in [3.63, 3.8) is 0 Å². The SMILES string of the molecule is COc1ccc(S(=O)(=O)c2c(SC)nn(CC(=O)Nc3ccc(OC)c(OC)c3)c2N)cc1. The molecule has 0 bridgehead atoms. The molecule has 3 rings (SSSR count). The second-order valence-corrected chi connectivity index (χ2v) is 9.36. The predicted octanol–water partition coefficient (Wildman–Crippen LogP) is 2.68. The molecule has 1 aromatic heterocycles. The second-order valence-electron chi connectivity index (χ2n) is 6.68. The van der Waals surface area contributed by atoms with E-state index in [0.717, 1.165) is 11.8 Å². The molecule has 12 heteroatoms. The molecule has 33 heavy (non-hydrogen) atoms. The molecule has 1 amide bonds. The lowest BCUT2D eigenvalue weighted by Crippen LogP contribution is -2.21. The molecule has 1 heterocycles. The highest BCUT2D eigenvalue weighted by atomic mass is 32.2. The Bertz CT molecular complexity index is 1260. The summed E-state index contributed by atoms with van der Waals surface area (Å²) >= 11 is 1.12. The minimum atomic E-state index is -3.97. The first kappa shape index (κ1) is 24.3. The number of sulfone groups is 1. The number of nitrogens with one attached hydrogen (secondary N) is 1. The van der Waals surface area contributed by atoms with Gasteiger partial charge in [-0.3, -0.25) is 4.79 Å². The summed E-state index contributed by atoms with van der Waals surface area (Å²) in [4.78, 5) is 12.5. The van der Waals surface area contributed by atoms with Gasteiger partial charge in [-0.2, -0.15) is 5.10 Å². The number of rotatable bonds is 9. The Balaban J connectivity index is 1.87. The third-order valence-corrected chi connectivity index (χ3v) is 7.34. The van der Waals surface area contributed by atoms with Gasteiger partial charge >= 0.3 is 0 Å². The Morgan fingerprint density at radius 1 is 1.06 bits per heavy atom. The van der Waals surface area contributed by atoms with Crippen molar-refractivity contribution in [3.8, 4) is 17.2 Å². The average molecular weight is 493 g/mol. The first-order valence-electron chi connectivity index (χ1n) is 9.56. The number of nitrogens with two attached hydrogens (primary N) is 1. The Morgan fingerprint density at radius 3 is 2.30 bits per heavy atom. The van der Waals surface area contributed by atoms with Crippen LogP contribution in [-0.4, -0.2) is 51.7 Å². The lowest BCUT2D eigenvalue weighted by atomic mass is 10.2. The number of anilines is 2. The molecular formula is C21H24N4O6S2. The molecule has 0 atom stereocenters. The van der Waals surface area contributed by atoms with E-state index in [-0.39, 0.29) is 27.2 Å². The molecule has 0 aliphatic heterocycles. The predicted molar refractivity (Wildman–Crippen MR) is 125 cm³/mol. The van der Waals surface area contributed by atoms with Gasteiger partial charge in [-0.05, 0) is 42.7 Å². The van der Waals surface area contributed by atoms with Gasteiger partial charge in [-0.1, -0.05) is 0 Å². The van der Waals surface area contributed by atoms with E-state index in [1.54, 1.807) is 36.6 Å². The topological polar surface area (TPSA) is 135 Å². The molecule has 3 N–H and O–H groups in total. The Hall–Kier alpha value is -3.38. The summed E-state index contributed by atoms with van der Waals surface area (Å²) in [6, 6.07) is 10.9. The molecule has 0 fully saturated rings. The monoisotopic (exact) mass is 492 g/mol. The number of hydrogen-bond acceptors (Lipinski definition) is 9. The van der Waals surface area contributed by atoms with Crippen molar-refractivity contribution < 1.29 is 27.4 Å². The largest absolute Gasteiger partial charge is 0.497 e. The maximum absolute atomic E-state index is 13.2. The first-order valence-corrected chi connectivity index (χ1v) is 12.3. The van der Waals surface area contributed by atoms with Crippen LogP contribution in [0.2, 0.25) is 0 Å². The van der Waals surface area contributed by atoms with Crippen LogP contribution < -0.4 is 25.3 Å². The maximum atomic E-state index is 13.2. The number of hydrogen-bond donors (Lipinski definition) is 2. The van der Waals surface area contributed by atoms with Crippen molar-refractivity contribution in [2.75, 3.05) is 38.6 Å². The Labute approximate surface area is 195 Å². The number of thioether (sulfide) groups is 1. The van der Waals surface area contributed by atoms with E-state index in [4.69, 9.17) is 19.9 Å². The van der Waals surface area contributed by atoms with E-state index in [1.165, 1.54) is 38.1 Å². The molecule has 10 nitrogen and oxygen atoms in total. The van der Waals surface area contributed by atoms with Gasteiger partial charge in [0.05, 0.1) is 26.2 Å². The number of benzene rings is 2.